The third-order valence-electron chi connectivity index (χ3n) is 1.47. The molecular formula is C6H4F8O. The van der Waals surface area contributed by atoms with Crippen molar-refractivity contribution in [3.8, 4) is 0 Å². The Morgan fingerprint density at radius 3 is 1.53 bits per heavy atom. The maximum Gasteiger partial charge on any atom is 0.425 e. The Morgan fingerprint density at radius 2 is 1.33 bits per heavy atom. The van der Waals surface area contributed by atoms with Crippen molar-refractivity contribution in [3.63, 3.8) is 0 Å². The summed E-state index contributed by atoms with van der Waals surface area (Å²) in [6.07, 6.45) is -11.3. The van der Waals surface area contributed by atoms with Gasteiger partial charge in [-0.05, 0) is 0 Å². The number of Topliss-reactive ketones (excluding diaryl/α,β-unsaturated/α-hetero) is 1. The van der Waals surface area contributed by atoms with Crippen LogP contribution in [0.3, 0.4) is 0 Å². The standard InChI is InChI=1S/C6H4F8O/c1-2(15)4(8,9)5(10,11)3(7)6(12,13)14/h3H,1H3. The molecule has 90 valence electrons. The summed E-state index contributed by atoms with van der Waals surface area (Å²) in [5.41, 5.74) is 0. The maximum absolute atomic E-state index is 12.3. The van der Waals surface area contributed by atoms with Crippen molar-refractivity contribution in [3.05, 3.63) is 0 Å². The summed E-state index contributed by atoms with van der Waals surface area (Å²) in [5, 5.41) is 0. The van der Waals surface area contributed by atoms with Crippen LogP contribution in [0.1, 0.15) is 6.92 Å². The molecule has 0 amide bonds. The monoisotopic (exact) mass is 244 g/mol. The quantitative estimate of drug-likeness (QED) is 0.697. The van der Waals surface area contributed by atoms with Gasteiger partial charge < -0.3 is 0 Å². The van der Waals surface area contributed by atoms with Gasteiger partial charge in [0.25, 0.3) is 6.17 Å². The topological polar surface area (TPSA) is 17.1 Å². The first-order valence-corrected chi connectivity index (χ1v) is 3.32. The molecule has 0 saturated carbocycles. The lowest BCUT2D eigenvalue weighted by Crippen LogP contribution is -2.56. The predicted octanol–water partition coefficient (Wildman–Crippen LogP) is 2.75. The third kappa shape index (κ3) is 2.37. The fraction of sp³-hybridized carbons (Fsp3) is 0.833. The number of ketones is 1. The van der Waals surface area contributed by atoms with E-state index in [9.17, 15) is 39.9 Å². The van der Waals surface area contributed by atoms with Crippen LogP contribution >= 0.6 is 0 Å². The fourth-order valence-corrected chi connectivity index (χ4v) is 0.599. The Labute approximate surface area is 78.0 Å². The number of hydrogen-bond donors (Lipinski definition) is 0. The minimum atomic E-state index is -6.16. The number of carbonyl (C=O) groups excluding carboxylic acids is 1. The van der Waals surface area contributed by atoms with Crippen molar-refractivity contribution in [2.75, 3.05) is 0 Å². The maximum atomic E-state index is 12.3. The van der Waals surface area contributed by atoms with Gasteiger partial charge in [0.1, 0.15) is 0 Å². The molecule has 0 radical (unpaired) electrons. The van der Waals surface area contributed by atoms with Crippen LogP contribution in [0.4, 0.5) is 35.1 Å². The molecule has 0 aliphatic carbocycles. The zero-order valence-corrected chi connectivity index (χ0v) is 7.01. The van der Waals surface area contributed by atoms with Crippen molar-refractivity contribution >= 4 is 5.78 Å². The van der Waals surface area contributed by atoms with E-state index in [1.807, 2.05) is 0 Å². The molecule has 0 heterocycles. The highest BCUT2D eigenvalue weighted by Crippen LogP contribution is 2.44. The van der Waals surface area contributed by atoms with Crippen LogP contribution in [0.5, 0.6) is 0 Å². The van der Waals surface area contributed by atoms with Crippen LogP contribution in [0, 0.1) is 0 Å². The second-order valence-corrected chi connectivity index (χ2v) is 2.66. The zero-order chi connectivity index (χ0) is 12.7. The van der Waals surface area contributed by atoms with E-state index in [1.165, 1.54) is 0 Å². The summed E-state index contributed by atoms with van der Waals surface area (Å²) in [7, 11) is 0. The van der Waals surface area contributed by atoms with Gasteiger partial charge in [-0.1, -0.05) is 0 Å². The van der Waals surface area contributed by atoms with Gasteiger partial charge in [-0.2, -0.15) is 30.7 Å². The molecule has 0 rings (SSSR count). The molecule has 9 heteroatoms. The minimum Gasteiger partial charge on any atom is -0.293 e. The molecular weight excluding hydrogens is 240 g/mol. The first-order chi connectivity index (χ1) is 6.35. The number of rotatable bonds is 3. The Morgan fingerprint density at radius 1 is 1.00 bits per heavy atom. The lowest BCUT2D eigenvalue weighted by atomic mass is 10.0. The normalized spacial score (nSPS) is 16.3. The molecule has 1 unspecified atom stereocenters. The van der Waals surface area contributed by atoms with Crippen molar-refractivity contribution < 1.29 is 39.9 Å². The Bertz CT molecular complexity index is 254. The molecule has 0 aromatic heterocycles. The molecule has 0 aliphatic heterocycles. The van der Waals surface area contributed by atoms with E-state index in [0.29, 0.717) is 0 Å². The van der Waals surface area contributed by atoms with E-state index >= 15 is 0 Å². The molecule has 0 spiro atoms. The van der Waals surface area contributed by atoms with Crippen molar-refractivity contribution in [1.29, 1.82) is 0 Å². The van der Waals surface area contributed by atoms with Gasteiger partial charge in [0.2, 0.25) is 5.78 Å². The predicted molar refractivity (Wildman–Crippen MR) is 31.5 cm³/mol. The van der Waals surface area contributed by atoms with E-state index in [4.69, 9.17) is 0 Å². The summed E-state index contributed by atoms with van der Waals surface area (Å²) in [6, 6.07) is 0. The van der Waals surface area contributed by atoms with E-state index < -0.39 is 30.0 Å². The van der Waals surface area contributed by atoms with Crippen LogP contribution in [0.15, 0.2) is 0 Å². The highest BCUT2D eigenvalue weighted by molar-refractivity contribution is 5.84. The molecule has 0 bridgehead atoms. The average molecular weight is 244 g/mol. The molecule has 0 aromatic carbocycles. The van der Waals surface area contributed by atoms with E-state index in [0.717, 1.165) is 0 Å². The summed E-state index contributed by atoms with van der Waals surface area (Å²) in [5.74, 6) is -14.3. The SMILES string of the molecule is CC(=O)C(F)(F)C(F)(F)C(F)C(F)(F)F. The van der Waals surface area contributed by atoms with Crippen LogP contribution in [-0.2, 0) is 4.79 Å². The number of halogens is 8. The third-order valence-corrected chi connectivity index (χ3v) is 1.47. The number of hydrogen-bond acceptors (Lipinski definition) is 1. The lowest BCUT2D eigenvalue weighted by Gasteiger charge is -2.28. The van der Waals surface area contributed by atoms with Crippen LogP contribution < -0.4 is 0 Å². The van der Waals surface area contributed by atoms with E-state index in [2.05, 4.69) is 0 Å². The molecule has 0 saturated heterocycles. The minimum absolute atomic E-state index is 0.0585. The van der Waals surface area contributed by atoms with Crippen molar-refractivity contribution in [2.24, 2.45) is 0 Å². The van der Waals surface area contributed by atoms with Gasteiger partial charge in [0.05, 0.1) is 0 Å². The molecule has 15 heavy (non-hydrogen) atoms. The molecule has 1 atom stereocenters. The number of carbonyl (C=O) groups is 1. The first-order valence-electron chi connectivity index (χ1n) is 3.32. The molecule has 0 N–H and O–H groups in total. The van der Waals surface area contributed by atoms with Gasteiger partial charge >= 0.3 is 18.0 Å². The average Bonchev–Trinajstić information content (AvgIpc) is 2.00. The second kappa shape index (κ2) is 3.60. The summed E-state index contributed by atoms with van der Waals surface area (Å²) in [6.45, 7) is -0.0585. The largest absolute Gasteiger partial charge is 0.425 e. The molecule has 0 fully saturated rings. The highest BCUT2D eigenvalue weighted by Gasteiger charge is 2.71. The Kier molecular flexibility index (Phi) is 3.39. The van der Waals surface area contributed by atoms with E-state index in [1.54, 1.807) is 0 Å². The number of alkyl halides is 8. The first kappa shape index (κ1) is 14.1. The van der Waals surface area contributed by atoms with Gasteiger partial charge in [-0.25, -0.2) is 4.39 Å². The van der Waals surface area contributed by atoms with Gasteiger partial charge in [0.15, 0.2) is 0 Å². The zero-order valence-electron chi connectivity index (χ0n) is 7.01. The van der Waals surface area contributed by atoms with Gasteiger partial charge in [-0.15, -0.1) is 0 Å². The summed E-state index contributed by atoms with van der Waals surface area (Å²) >= 11 is 0. The van der Waals surface area contributed by atoms with Gasteiger partial charge in [-0.3, -0.25) is 4.79 Å². The molecule has 0 aliphatic rings. The van der Waals surface area contributed by atoms with Crippen LogP contribution in [-0.4, -0.2) is 30.0 Å². The van der Waals surface area contributed by atoms with Crippen molar-refractivity contribution in [2.45, 2.75) is 31.1 Å². The summed E-state index contributed by atoms with van der Waals surface area (Å²) in [4.78, 5) is 9.98. The van der Waals surface area contributed by atoms with Crippen LogP contribution in [0.25, 0.3) is 0 Å². The van der Waals surface area contributed by atoms with Crippen LogP contribution in [0.2, 0.25) is 0 Å². The Hall–Kier alpha value is -0.890. The van der Waals surface area contributed by atoms with Crippen molar-refractivity contribution in [1.82, 2.24) is 0 Å². The molecule has 1 nitrogen and oxygen atoms in total. The highest BCUT2D eigenvalue weighted by atomic mass is 19.4. The van der Waals surface area contributed by atoms with E-state index in [-0.39, 0.29) is 6.92 Å². The lowest BCUT2D eigenvalue weighted by molar-refractivity contribution is -0.296. The smallest absolute Gasteiger partial charge is 0.293 e. The fourth-order valence-electron chi connectivity index (χ4n) is 0.599. The molecule has 0 aromatic rings. The second-order valence-electron chi connectivity index (χ2n) is 2.66. The van der Waals surface area contributed by atoms with Gasteiger partial charge in [0, 0.05) is 6.92 Å². The Balaban J connectivity index is 5.23. The summed E-state index contributed by atoms with van der Waals surface area (Å²) < 4.78 is 95.4.